The number of benzene rings is 1. The Kier molecular flexibility index (Phi) is 4.38. The van der Waals surface area contributed by atoms with Crippen molar-refractivity contribution in [3.63, 3.8) is 0 Å². The summed E-state index contributed by atoms with van der Waals surface area (Å²) >= 11 is 6.31. The third kappa shape index (κ3) is 3.59. The van der Waals surface area contributed by atoms with Gasteiger partial charge in [-0.2, -0.15) is 0 Å². The molecule has 0 fully saturated rings. The predicted molar refractivity (Wildman–Crippen MR) is 81.1 cm³/mol. The Morgan fingerprint density at radius 3 is 2.50 bits per heavy atom. The van der Waals surface area contributed by atoms with E-state index >= 15 is 0 Å². The number of nitrogens with one attached hydrogen (secondary N) is 2. The van der Waals surface area contributed by atoms with Gasteiger partial charge in [0.05, 0.1) is 9.80 Å². The van der Waals surface area contributed by atoms with E-state index in [1.807, 2.05) is 0 Å². The summed E-state index contributed by atoms with van der Waals surface area (Å²) in [5, 5.41) is 17.8. The Morgan fingerprint density at radius 2 is 1.95 bits per heavy atom. The monoisotopic (exact) mass is 307 g/mol. The molecule has 0 radical (unpaired) electrons. The van der Waals surface area contributed by atoms with Gasteiger partial charge in [0, 0.05) is 17.8 Å². The summed E-state index contributed by atoms with van der Waals surface area (Å²) < 4.78 is 0. The van der Waals surface area contributed by atoms with Gasteiger partial charge < -0.3 is 5.32 Å². The minimum atomic E-state index is -0.485. The van der Waals surface area contributed by atoms with Crippen LogP contribution in [0.2, 0.25) is 0 Å². The van der Waals surface area contributed by atoms with E-state index in [0.29, 0.717) is 10.6 Å². The van der Waals surface area contributed by atoms with Crippen LogP contribution in [0.1, 0.15) is 9.67 Å². The van der Waals surface area contributed by atoms with Crippen LogP contribution >= 0.6 is 23.6 Å². The van der Waals surface area contributed by atoms with Gasteiger partial charge in [0.15, 0.2) is 5.11 Å². The summed E-state index contributed by atoms with van der Waals surface area (Å²) in [7, 11) is 0. The van der Waals surface area contributed by atoms with E-state index in [2.05, 4.69) is 10.6 Å². The summed E-state index contributed by atoms with van der Waals surface area (Å²) in [5.41, 5.74) is 0.552. The molecule has 0 aliphatic carbocycles. The highest BCUT2D eigenvalue weighted by Gasteiger charge is 2.09. The quantitative estimate of drug-likeness (QED) is 0.517. The Balaban J connectivity index is 1.94. The third-order valence-electron chi connectivity index (χ3n) is 2.31. The summed E-state index contributed by atoms with van der Waals surface area (Å²) in [6, 6.07) is 9.20. The Bertz CT molecular complexity index is 638. The van der Waals surface area contributed by atoms with E-state index in [9.17, 15) is 14.9 Å². The Morgan fingerprint density at radius 1 is 1.25 bits per heavy atom. The molecule has 0 spiro atoms. The molecule has 2 N–H and O–H groups in total. The van der Waals surface area contributed by atoms with Crippen molar-refractivity contribution < 1.29 is 9.72 Å². The molecule has 0 aliphatic rings. The molecular weight excluding hydrogens is 298 g/mol. The van der Waals surface area contributed by atoms with E-state index in [1.54, 1.807) is 17.5 Å². The highest BCUT2D eigenvalue weighted by Crippen LogP contribution is 2.15. The number of amides is 1. The molecule has 2 rings (SSSR count). The summed E-state index contributed by atoms with van der Waals surface area (Å²) in [6.07, 6.45) is 0. The third-order valence-corrected chi connectivity index (χ3v) is 3.38. The maximum Gasteiger partial charge on any atom is 0.269 e. The number of non-ortho nitro benzene ring substituents is 1. The van der Waals surface area contributed by atoms with Gasteiger partial charge in [-0.25, -0.2) is 0 Å². The molecule has 1 heterocycles. The van der Waals surface area contributed by atoms with E-state index in [4.69, 9.17) is 12.2 Å². The standard InChI is InChI=1S/C12H9N3O3S2/c16-11(10-2-1-7-20-10)14-12(19)13-8-3-5-9(6-4-8)15(17)18/h1-7H,(H2,13,14,16,19). The van der Waals surface area contributed by atoms with Gasteiger partial charge in [-0.05, 0) is 35.8 Å². The smallest absolute Gasteiger partial charge is 0.269 e. The zero-order valence-corrected chi connectivity index (χ0v) is 11.7. The molecular formula is C12H9N3O3S2. The molecule has 8 heteroatoms. The van der Waals surface area contributed by atoms with E-state index in [0.717, 1.165) is 0 Å². The second-order valence-electron chi connectivity index (χ2n) is 3.69. The average Bonchev–Trinajstić information content (AvgIpc) is 2.93. The van der Waals surface area contributed by atoms with Crippen molar-refractivity contribution in [1.82, 2.24) is 5.32 Å². The fraction of sp³-hybridized carbons (Fsp3) is 0. The largest absolute Gasteiger partial charge is 0.332 e. The van der Waals surface area contributed by atoms with Gasteiger partial charge in [-0.1, -0.05) is 6.07 Å². The van der Waals surface area contributed by atoms with Crippen LogP contribution in [0.4, 0.5) is 11.4 Å². The van der Waals surface area contributed by atoms with Crippen molar-refractivity contribution in [1.29, 1.82) is 0 Å². The van der Waals surface area contributed by atoms with Crippen LogP contribution in [0.5, 0.6) is 0 Å². The molecule has 6 nitrogen and oxygen atoms in total. The zero-order valence-electron chi connectivity index (χ0n) is 10.0. The maximum absolute atomic E-state index is 11.7. The molecule has 0 atom stereocenters. The first-order valence-corrected chi connectivity index (χ1v) is 6.75. The van der Waals surface area contributed by atoms with Crippen molar-refractivity contribution in [2.24, 2.45) is 0 Å². The van der Waals surface area contributed by atoms with Crippen molar-refractivity contribution in [2.75, 3.05) is 5.32 Å². The zero-order chi connectivity index (χ0) is 14.5. The molecule has 0 saturated carbocycles. The second-order valence-corrected chi connectivity index (χ2v) is 5.05. The lowest BCUT2D eigenvalue weighted by Crippen LogP contribution is -2.33. The molecule has 1 aromatic heterocycles. The SMILES string of the molecule is O=C(NC(=S)Nc1ccc([N+](=O)[O-])cc1)c1cccs1. The van der Waals surface area contributed by atoms with Crippen molar-refractivity contribution in [3.8, 4) is 0 Å². The fourth-order valence-corrected chi connectivity index (χ4v) is 2.23. The summed E-state index contributed by atoms with van der Waals surface area (Å²) in [6.45, 7) is 0. The highest BCUT2D eigenvalue weighted by molar-refractivity contribution is 7.80. The number of rotatable bonds is 3. The molecule has 0 aliphatic heterocycles. The van der Waals surface area contributed by atoms with Crippen LogP contribution in [0.25, 0.3) is 0 Å². The van der Waals surface area contributed by atoms with Crippen LogP contribution in [-0.4, -0.2) is 15.9 Å². The second kappa shape index (κ2) is 6.22. The van der Waals surface area contributed by atoms with Crippen LogP contribution < -0.4 is 10.6 Å². The van der Waals surface area contributed by atoms with Crippen LogP contribution in [0.3, 0.4) is 0 Å². The van der Waals surface area contributed by atoms with Crippen molar-refractivity contribution in [3.05, 3.63) is 56.8 Å². The summed E-state index contributed by atoms with van der Waals surface area (Å²) in [4.78, 5) is 22.3. The van der Waals surface area contributed by atoms with Gasteiger partial charge in [-0.15, -0.1) is 11.3 Å². The normalized spacial score (nSPS) is 9.80. The number of hydrogen-bond donors (Lipinski definition) is 2. The van der Waals surface area contributed by atoms with Gasteiger partial charge in [0.2, 0.25) is 0 Å². The first kappa shape index (κ1) is 14.1. The Labute approximate surface area is 123 Å². The summed E-state index contributed by atoms with van der Waals surface area (Å²) in [5.74, 6) is -0.292. The fourth-order valence-electron chi connectivity index (χ4n) is 1.40. The Hall–Kier alpha value is -2.32. The number of nitrogens with zero attached hydrogens (tertiary/aromatic N) is 1. The number of nitro groups is 1. The minimum Gasteiger partial charge on any atom is -0.332 e. The first-order chi connectivity index (χ1) is 9.56. The molecule has 0 saturated heterocycles. The van der Waals surface area contributed by atoms with Gasteiger partial charge in [-0.3, -0.25) is 20.2 Å². The molecule has 0 bridgehead atoms. The van der Waals surface area contributed by atoms with Crippen LogP contribution in [0.15, 0.2) is 41.8 Å². The first-order valence-electron chi connectivity index (χ1n) is 5.46. The molecule has 102 valence electrons. The molecule has 20 heavy (non-hydrogen) atoms. The lowest BCUT2D eigenvalue weighted by atomic mass is 10.3. The van der Waals surface area contributed by atoms with Gasteiger partial charge in [0.1, 0.15) is 0 Å². The highest BCUT2D eigenvalue weighted by atomic mass is 32.1. The van der Waals surface area contributed by atoms with Crippen molar-refractivity contribution >= 4 is 45.9 Å². The number of carbonyl (C=O) groups is 1. The number of carbonyl (C=O) groups excluding carboxylic acids is 1. The lowest BCUT2D eigenvalue weighted by molar-refractivity contribution is -0.384. The number of nitro benzene ring substituents is 1. The van der Waals surface area contributed by atoms with Gasteiger partial charge in [0.25, 0.3) is 11.6 Å². The predicted octanol–water partition coefficient (Wildman–Crippen LogP) is 2.78. The van der Waals surface area contributed by atoms with Crippen molar-refractivity contribution in [2.45, 2.75) is 0 Å². The number of thiophene rings is 1. The van der Waals surface area contributed by atoms with E-state index in [1.165, 1.54) is 35.6 Å². The minimum absolute atomic E-state index is 0.0101. The molecule has 0 unspecified atom stereocenters. The maximum atomic E-state index is 11.7. The molecule has 1 aromatic carbocycles. The van der Waals surface area contributed by atoms with Crippen LogP contribution in [-0.2, 0) is 0 Å². The molecule has 1 amide bonds. The van der Waals surface area contributed by atoms with E-state index < -0.39 is 4.92 Å². The number of thiocarbonyl (C=S) groups is 1. The van der Waals surface area contributed by atoms with Gasteiger partial charge >= 0.3 is 0 Å². The molecule has 2 aromatic rings. The topological polar surface area (TPSA) is 84.3 Å². The lowest BCUT2D eigenvalue weighted by Gasteiger charge is -2.08. The van der Waals surface area contributed by atoms with E-state index in [-0.39, 0.29) is 16.7 Å². The average molecular weight is 307 g/mol. The number of anilines is 1. The number of hydrogen-bond acceptors (Lipinski definition) is 5. The van der Waals surface area contributed by atoms with Crippen LogP contribution in [0, 0.1) is 10.1 Å².